The number of methoxy groups -OCH3 is 2. The molecule has 6 atom stereocenters. The molecule has 0 unspecified atom stereocenters. The van der Waals surface area contributed by atoms with Gasteiger partial charge in [-0.3, -0.25) is 0 Å². The Balaban J connectivity index is 1.84. The highest BCUT2D eigenvalue weighted by molar-refractivity contribution is 7.82. The number of rotatable bonds is 5. The highest BCUT2D eigenvalue weighted by atomic mass is 32.3. The molecule has 3 aliphatic heterocycles. The van der Waals surface area contributed by atoms with Crippen molar-refractivity contribution in [3.05, 3.63) is 0 Å². The molecule has 3 rings (SSSR count). The molecule has 3 aliphatic rings. The summed E-state index contributed by atoms with van der Waals surface area (Å²) in [5.74, 6) is -1.69. The molecule has 0 saturated carbocycles. The summed E-state index contributed by atoms with van der Waals surface area (Å²) in [4.78, 5) is 37.4. The lowest BCUT2D eigenvalue weighted by molar-refractivity contribution is -0.183. The second kappa shape index (κ2) is 8.74. The minimum Gasteiger partial charge on any atom is -0.467 e. The van der Waals surface area contributed by atoms with Crippen molar-refractivity contribution in [1.82, 2.24) is 5.32 Å². The van der Waals surface area contributed by atoms with Crippen molar-refractivity contribution in [2.24, 2.45) is 0 Å². The average molecular weight is 481 g/mol. The number of hydrogen-bond acceptors (Lipinski definition) is 12. The molecule has 1 amide bonds. The van der Waals surface area contributed by atoms with Crippen molar-refractivity contribution in [2.75, 3.05) is 20.8 Å². The Hall–Kier alpha value is -2.00. The van der Waals surface area contributed by atoms with Crippen molar-refractivity contribution in [1.29, 1.82) is 0 Å². The van der Waals surface area contributed by atoms with Gasteiger partial charge < -0.3 is 29.0 Å². The van der Waals surface area contributed by atoms with E-state index in [2.05, 4.69) is 5.32 Å². The van der Waals surface area contributed by atoms with E-state index in [0.717, 1.165) is 14.2 Å². The SMILES string of the molecule is COC(=O)[C@H](C[C@]1(C(=O)OC)C[C@H]2OC[C@@H]3OS(=O)(=O)O[C@@H]3[C@H]2O1)NC(=O)OC(C)(C)C. The quantitative estimate of drug-likeness (QED) is 0.399. The largest absolute Gasteiger partial charge is 0.467 e. The van der Waals surface area contributed by atoms with E-state index in [4.69, 9.17) is 32.1 Å². The zero-order valence-corrected chi connectivity index (χ0v) is 19.1. The van der Waals surface area contributed by atoms with E-state index in [9.17, 15) is 22.8 Å². The van der Waals surface area contributed by atoms with Crippen LogP contribution in [0.3, 0.4) is 0 Å². The van der Waals surface area contributed by atoms with Crippen LogP contribution in [0.25, 0.3) is 0 Å². The fourth-order valence-corrected chi connectivity index (χ4v) is 4.96. The Labute approximate surface area is 185 Å². The highest BCUT2D eigenvalue weighted by Crippen LogP contribution is 2.44. The van der Waals surface area contributed by atoms with Crippen molar-refractivity contribution in [3.8, 4) is 0 Å². The molecule has 0 aliphatic carbocycles. The predicted octanol–water partition coefficient (Wildman–Crippen LogP) is -0.429. The van der Waals surface area contributed by atoms with Crippen LogP contribution in [0.4, 0.5) is 4.79 Å². The molecule has 0 aromatic heterocycles. The molecule has 0 radical (unpaired) electrons. The van der Waals surface area contributed by atoms with Crippen LogP contribution in [-0.2, 0) is 52.0 Å². The molecule has 1 N–H and O–H groups in total. The summed E-state index contributed by atoms with van der Waals surface area (Å²) < 4.78 is 59.6. The highest BCUT2D eigenvalue weighted by Gasteiger charge is 2.62. The number of ether oxygens (including phenoxy) is 5. The first-order chi connectivity index (χ1) is 14.8. The van der Waals surface area contributed by atoms with Gasteiger partial charge in [0, 0.05) is 12.8 Å². The number of carbonyl (C=O) groups excluding carboxylic acids is 3. The van der Waals surface area contributed by atoms with Crippen LogP contribution in [-0.4, -0.2) is 88.9 Å². The molecule has 0 bridgehead atoms. The van der Waals surface area contributed by atoms with E-state index in [1.807, 2.05) is 0 Å². The third-order valence-corrected chi connectivity index (χ3v) is 6.10. The van der Waals surface area contributed by atoms with Gasteiger partial charge in [-0.05, 0) is 20.8 Å². The number of esters is 2. The Morgan fingerprint density at radius 1 is 1.09 bits per heavy atom. The first-order valence-corrected chi connectivity index (χ1v) is 11.2. The van der Waals surface area contributed by atoms with Crippen molar-refractivity contribution >= 4 is 28.4 Å². The summed E-state index contributed by atoms with van der Waals surface area (Å²) in [7, 11) is -1.98. The van der Waals surface area contributed by atoms with Crippen LogP contribution in [0.1, 0.15) is 33.6 Å². The monoisotopic (exact) mass is 481 g/mol. The number of amides is 1. The van der Waals surface area contributed by atoms with Crippen LogP contribution in [0.15, 0.2) is 0 Å². The smallest absolute Gasteiger partial charge is 0.408 e. The average Bonchev–Trinajstić information content (AvgIpc) is 3.21. The Kier molecular flexibility index (Phi) is 6.73. The summed E-state index contributed by atoms with van der Waals surface area (Å²) in [5, 5.41) is 2.38. The predicted molar refractivity (Wildman–Crippen MR) is 102 cm³/mol. The number of fused-ring (bicyclic) bond motifs is 3. The van der Waals surface area contributed by atoms with E-state index < -0.39 is 70.1 Å². The molecule has 182 valence electrons. The lowest BCUT2D eigenvalue weighted by atomic mass is 9.89. The number of nitrogens with one attached hydrogen (secondary N) is 1. The minimum atomic E-state index is -4.23. The standard InChI is InChI=1S/C18H27NO12S/c1-17(2,3)29-16(22)19-9(14(20)25-4)6-18(15(21)26-5)7-10-12(28-18)13-11(8-27-10)30-32(23,24)31-13/h9-13H,6-8H2,1-5H3,(H,19,22)/t9-,10+,11-,12-,13-,18+/m0/s1. The molecular formula is C18H27NO12S. The molecule has 0 aromatic rings. The van der Waals surface area contributed by atoms with Crippen LogP contribution in [0.5, 0.6) is 0 Å². The van der Waals surface area contributed by atoms with E-state index in [1.54, 1.807) is 20.8 Å². The van der Waals surface area contributed by atoms with Gasteiger partial charge in [0.05, 0.1) is 26.9 Å². The molecule has 14 heteroatoms. The van der Waals surface area contributed by atoms with Crippen LogP contribution < -0.4 is 5.32 Å². The Bertz CT molecular complexity index is 868. The van der Waals surface area contributed by atoms with Gasteiger partial charge in [-0.15, -0.1) is 0 Å². The maximum Gasteiger partial charge on any atom is 0.408 e. The van der Waals surface area contributed by atoms with Gasteiger partial charge in [-0.2, -0.15) is 8.42 Å². The van der Waals surface area contributed by atoms with Crippen molar-refractivity contribution in [2.45, 2.75) is 75.3 Å². The van der Waals surface area contributed by atoms with Gasteiger partial charge >= 0.3 is 28.4 Å². The minimum absolute atomic E-state index is 0.0829. The summed E-state index contributed by atoms with van der Waals surface area (Å²) in [6.07, 6.45) is -5.09. The normalized spacial score (nSPS) is 34.0. The lowest BCUT2D eigenvalue weighted by Gasteiger charge is -2.32. The van der Waals surface area contributed by atoms with Gasteiger partial charge in [-0.1, -0.05) is 0 Å². The van der Waals surface area contributed by atoms with E-state index in [1.165, 1.54) is 0 Å². The molecule has 3 fully saturated rings. The molecule has 3 heterocycles. The number of hydrogen-bond donors (Lipinski definition) is 1. The fourth-order valence-electron chi connectivity index (χ4n) is 3.94. The molecular weight excluding hydrogens is 454 g/mol. The molecule has 32 heavy (non-hydrogen) atoms. The van der Waals surface area contributed by atoms with Gasteiger partial charge in [0.2, 0.25) is 0 Å². The number of carbonyl (C=O) groups is 3. The van der Waals surface area contributed by atoms with Gasteiger partial charge in [0.15, 0.2) is 5.60 Å². The first kappa shape index (κ1) is 24.6. The van der Waals surface area contributed by atoms with Crippen molar-refractivity contribution in [3.63, 3.8) is 0 Å². The zero-order chi connectivity index (χ0) is 23.9. The van der Waals surface area contributed by atoms with Crippen LogP contribution >= 0.6 is 0 Å². The second-order valence-corrected chi connectivity index (χ2v) is 9.88. The van der Waals surface area contributed by atoms with E-state index in [-0.39, 0.29) is 19.4 Å². The Morgan fingerprint density at radius 2 is 1.78 bits per heavy atom. The van der Waals surface area contributed by atoms with Gasteiger partial charge in [-0.25, -0.2) is 22.7 Å². The maximum absolute atomic E-state index is 12.8. The molecule has 13 nitrogen and oxygen atoms in total. The molecule has 0 spiro atoms. The van der Waals surface area contributed by atoms with Gasteiger partial charge in [0.25, 0.3) is 0 Å². The maximum atomic E-state index is 12.8. The van der Waals surface area contributed by atoms with E-state index in [0.29, 0.717) is 0 Å². The molecule has 3 saturated heterocycles. The summed E-state index contributed by atoms with van der Waals surface area (Å²) in [6, 6.07) is -1.34. The summed E-state index contributed by atoms with van der Waals surface area (Å²) >= 11 is 0. The van der Waals surface area contributed by atoms with E-state index >= 15 is 0 Å². The fraction of sp³-hybridized carbons (Fsp3) is 0.833. The van der Waals surface area contributed by atoms with Crippen LogP contribution in [0, 0.1) is 0 Å². The number of alkyl carbamates (subject to hydrolysis) is 1. The zero-order valence-electron chi connectivity index (χ0n) is 18.3. The summed E-state index contributed by atoms with van der Waals surface area (Å²) in [6.45, 7) is 4.84. The lowest BCUT2D eigenvalue weighted by Crippen LogP contribution is -2.52. The topological polar surface area (TPSA) is 162 Å². The van der Waals surface area contributed by atoms with Crippen molar-refractivity contribution < 1.29 is 54.9 Å². The third kappa shape index (κ3) is 5.14. The second-order valence-electron chi connectivity index (χ2n) is 8.67. The summed E-state index contributed by atoms with van der Waals surface area (Å²) in [5.41, 5.74) is -2.60. The molecule has 0 aromatic carbocycles. The van der Waals surface area contributed by atoms with Gasteiger partial charge in [0.1, 0.15) is 30.0 Å². The van der Waals surface area contributed by atoms with Crippen LogP contribution in [0.2, 0.25) is 0 Å². The Morgan fingerprint density at radius 3 is 2.38 bits per heavy atom. The first-order valence-electron chi connectivity index (χ1n) is 9.86. The third-order valence-electron chi connectivity index (χ3n) is 5.16.